The number of aromatic nitrogens is 3. The molecular formula is C57H43N5O. The van der Waals surface area contributed by atoms with E-state index in [4.69, 9.17) is 14.4 Å². The van der Waals surface area contributed by atoms with Crippen LogP contribution in [0.25, 0.3) is 105 Å². The van der Waals surface area contributed by atoms with E-state index in [0.717, 1.165) is 107 Å². The first-order valence-electron chi connectivity index (χ1n) is 21.5. The summed E-state index contributed by atoms with van der Waals surface area (Å²) in [7, 11) is 0. The minimum atomic E-state index is 0.726. The van der Waals surface area contributed by atoms with Crippen LogP contribution >= 0.6 is 0 Å². The molecule has 0 fully saturated rings. The van der Waals surface area contributed by atoms with Crippen molar-refractivity contribution in [1.29, 1.82) is 0 Å². The highest BCUT2D eigenvalue weighted by atomic mass is 16.3. The molecule has 0 amide bonds. The highest BCUT2D eigenvalue weighted by Crippen LogP contribution is 2.45. The number of nitrogens with zero attached hydrogens (tertiary/aromatic N) is 5. The maximum Gasteiger partial charge on any atom is 0.138 e. The molecule has 0 saturated carbocycles. The smallest absolute Gasteiger partial charge is 0.138 e. The van der Waals surface area contributed by atoms with Gasteiger partial charge in [0.25, 0.3) is 0 Å². The van der Waals surface area contributed by atoms with Gasteiger partial charge in [-0.3, -0.25) is 14.6 Å². The normalized spacial score (nSPS) is 12.5. The van der Waals surface area contributed by atoms with Gasteiger partial charge < -0.3 is 8.98 Å². The third-order valence-electron chi connectivity index (χ3n) is 12.2. The van der Waals surface area contributed by atoms with E-state index in [-0.39, 0.29) is 0 Å². The second kappa shape index (κ2) is 15.4. The number of fused-ring (bicyclic) bond motifs is 9. The zero-order chi connectivity index (χ0) is 42.6. The second-order valence-corrected chi connectivity index (χ2v) is 16.0. The fourth-order valence-electron chi connectivity index (χ4n) is 9.24. The number of aliphatic imine (C=N–C) groups is 2. The van der Waals surface area contributed by atoms with E-state index >= 15 is 0 Å². The van der Waals surface area contributed by atoms with Crippen LogP contribution in [0.15, 0.2) is 190 Å². The number of rotatable bonds is 9. The molecule has 0 radical (unpaired) electrons. The lowest BCUT2D eigenvalue weighted by molar-refractivity contribution is 0.669. The Morgan fingerprint density at radius 2 is 1.27 bits per heavy atom. The number of benzene rings is 7. The molecule has 0 aliphatic heterocycles. The molecule has 11 aromatic rings. The minimum Gasteiger partial charge on any atom is -0.456 e. The largest absolute Gasteiger partial charge is 0.456 e. The van der Waals surface area contributed by atoms with Crippen LogP contribution in [0, 0.1) is 0 Å². The number of furan rings is 1. The first-order chi connectivity index (χ1) is 31.0. The van der Waals surface area contributed by atoms with Crippen molar-refractivity contribution in [3.8, 4) is 33.8 Å². The molecule has 11 rings (SSSR count). The summed E-state index contributed by atoms with van der Waals surface area (Å²) in [6.07, 6.45) is 9.21. The lowest BCUT2D eigenvalue weighted by Crippen LogP contribution is -2.01. The fourth-order valence-corrected chi connectivity index (χ4v) is 9.24. The molecule has 0 aliphatic carbocycles. The molecule has 0 saturated heterocycles. The van der Waals surface area contributed by atoms with Gasteiger partial charge in [-0.1, -0.05) is 104 Å². The molecule has 0 aliphatic rings. The molecule has 0 bridgehead atoms. The Balaban J connectivity index is 1.12. The van der Waals surface area contributed by atoms with Gasteiger partial charge in [0.15, 0.2) is 0 Å². The Morgan fingerprint density at radius 3 is 2.00 bits per heavy atom. The summed E-state index contributed by atoms with van der Waals surface area (Å²) in [6.45, 7) is 10.1. The van der Waals surface area contributed by atoms with E-state index in [1.165, 1.54) is 21.8 Å². The Morgan fingerprint density at radius 1 is 0.619 bits per heavy atom. The Labute approximate surface area is 365 Å². The number of allylic oxidation sites excluding steroid dienone is 4. The highest BCUT2D eigenvalue weighted by molar-refractivity contribution is 6.18. The van der Waals surface area contributed by atoms with Crippen molar-refractivity contribution in [3.63, 3.8) is 0 Å². The number of hydrogen-bond donors (Lipinski definition) is 0. The van der Waals surface area contributed by atoms with Crippen molar-refractivity contribution in [1.82, 2.24) is 14.1 Å². The van der Waals surface area contributed by atoms with E-state index in [9.17, 15) is 0 Å². The molecule has 6 nitrogen and oxygen atoms in total. The van der Waals surface area contributed by atoms with Crippen LogP contribution in [0.5, 0.6) is 0 Å². The van der Waals surface area contributed by atoms with Gasteiger partial charge in [-0.05, 0) is 134 Å². The molecule has 4 aromatic heterocycles. The lowest BCUT2D eigenvalue weighted by atomic mass is 10.00. The van der Waals surface area contributed by atoms with Crippen molar-refractivity contribution >= 4 is 95.4 Å². The number of para-hydroxylation sites is 2. The van der Waals surface area contributed by atoms with Gasteiger partial charge in [0, 0.05) is 44.2 Å². The van der Waals surface area contributed by atoms with Crippen LogP contribution in [0.3, 0.4) is 0 Å². The van der Waals surface area contributed by atoms with Gasteiger partial charge >= 0.3 is 0 Å². The average Bonchev–Trinajstić information content (AvgIpc) is 3.99. The van der Waals surface area contributed by atoms with Gasteiger partial charge in [-0.25, -0.2) is 4.98 Å². The van der Waals surface area contributed by atoms with Crippen molar-refractivity contribution in [2.24, 2.45) is 9.98 Å². The third kappa shape index (κ3) is 6.30. The molecule has 302 valence electrons. The Hall–Kier alpha value is -8.09. The molecule has 0 atom stereocenters. The monoisotopic (exact) mass is 813 g/mol. The van der Waals surface area contributed by atoms with Gasteiger partial charge in [-0.15, -0.1) is 0 Å². The zero-order valence-electron chi connectivity index (χ0n) is 35.4. The van der Waals surface area contributed by atoms with Crippen LogP contribution in [-0.4, -0.2) is 27.1 Å². The lowest BCUT2D eigenvalue weighted by Gasteiger charge is -2.13. The number of pyridine rings is 1. The standard InChI is InChI=1S/C57H43N5O/c1-5-7-9-16-36(3)48-33-40(37-17-10-8-11-18-37)34-55(60-48)62-51-27-23-38(32-46(51)56-52(62)28-26-47(58-4)57(56)59-6-2)39-24-29-53-44(31-39)45-35-41(25-30-54(45)63-53)61-49-21-14-12-19-42(49)43-20-13-15-22-50(43)61/h6-35H,4-5H2,1-3H3/b9-7-,36-16+,59-6-. The maximum atomic E-state index is 6.47. The van der Waals surface area contributed by atoms with E-state index in [2.05, 4.69) is 205 Å². The van der Waals surface area contributed by atoms with Crippen LogP contribution in [0.4, 0.5) is 11.4 Å². The maximum absolute atomic E-state index is 6.47. The highest BCUT2D eigenvalue weighted by Gasteiger charge is 2.21. The van der Waals surface area contributed by atoms with E-state index in [1.54, 1.807) is 0 Å². The van der Waals surface area contributed by atoms with Gasteiger partial charge in [0.1, 0.15) is 17.0 Å². The average molecular weight is 814 g/mol. The third-order valence-corrected chi connectivity index (χ3v) is 12.2. The molecule has 0 spiro atoms. The van der Waals surface area contributed by atoms with E-state index in [1.807, 2.05) is 19.2 Å². The van der Waals surface area contributed by atoms with Crippen molar-refractivity contribution in [2.75, 3.05) is 0 Å². The quantitative estimate of drug-likeness (QED) is 0.108. The summed E-state index contributed by atoms with van der Waals surface area (Å²) >= 11 is 0. The van der Waals surface area contributed by atoms with Gasteiger partial charge in [0.05, 0.1) is 39.1 Å². The summed E-state index contributed by atoms with van der Waals surface area (Å²) < 4.78 is 11.1. The minimum absolute atomic E-state index is 0.726. The van der Waals surface area contributed by atoms with Crippen molar-refractivity contribution in [2.45, 2.75) is 27.2 Å². The predicted octanol–water partition coefficient (Wildman–Crippen LogP) is 15.9. The van der Waals surface area contributed by atoms with Crippen LogP contribution < -0.4 is 0 Å². The predicted molar refractivity (Wildman–Crippen MR) is 267 cm³/mol. The molecule has 6 heteroatoms. The van der Waals surface area contributed by atoms with Crippen LogP contribution in [0.1, 0.15) is 32.9 Å². The summed E-state index contributed by atoms with van der Waals surface area (Å²) in [6, 6.07) is 56.0. The summed E-state index contributed by atoms with van der Waals surface area (Å²) in [4.78, 5) is 14.7. The summed E-state index contributed by atoms with van der Waals surface area (Å²) in [5.41, 5.74) is 15.0. The Bertz CT molecular complexity index is 3650. The second-order valence-electron chi connectivity index (χ2n) is 16.0. The summed E-state index contributed by atoms with van der Waals surface area (Å²) in [5, 5.41) is 6.65. The van der Waals surface area contributed by atoms with Gasteiger partial charge in [-0.2, -0.15) is 0 Å². The molecular weight excluding hydrogens is 771 g/mol. The van der Waals surface area contributed by atoms with Crippen molar-refractivity contribution in [3.05, 3.63) is 182 Å². The zero-order valence-corrected chi connectivity index (χ0v) is 35.4. The van der Waals surface area contributed by atoms with Crippen LogP contribution in [-0.2, 0) is 0 Å². The first-order valence-corrected chi connectivity index (χ1v) is 21.5. The molecule has 0 N–H and O–H groups in total. The molecule has 7 aromatic carbocycles. The fraction of sp³-hybridized carbons (Fsp3) is 0.0702. The topological polar surface area (TPSA) is 60.6 Å². The SMILES string of the molecule is C=Nc1ccc2c(c1/N=C\C)c1cc(-c3ccc4oc5ccc(-n6c7ccccc7c7ccccc76)cc5c4c3)ccc1n2-c1cc(-c2ccccc2)cc(/C(C)=C/C=C\CC)n1. The van der Waals surface area contributed by atoms with Gasteiger partial charge in [0.2, 0.25) is 0 Å². The van der Waals surface area contributed by atoms with Crippen molar-refractivity contribution < 1.29 is 4.42 Å². The molecule has 4 heterocycles. The number of hydrogen-bond acceptors (Lipinski definition) is 4. The Kier molecular flexibility index (Phi) is 9.27. The van der Waals surface area contributed by atoms with E-state index < -0.39 is 0 Å². The van der Waals surface area contributed by atoms with Crippen LogP contribution in [0.2, 0.25) is 0 Å². The first kappa shape index (κ1) is 37.9. The summed E-state index contributed by atoms with van der Waals surface area (Å²) in [5.74, 6) is 0.822. The molecule has 0 unspecified atom stereocenters. The van der Waals surface area contributed by atoms with E-state index in [0.29, 0.717) is 0 Å². The molecule has 63 heavy (non-hydrogen) atoms.